The summed E-state index contributed by atoms with van der Waals surface area (Å²) in [5, 5.41) is 2.75. The van der Waals surface area contributed by atoms with Crippen molar-refractivity contribution in [2.75, 3.05) is 32.0 Å². The van der Waals surface area contributed by atoms with Gasteiger partial charge in [0.15, 0.2) is 0 Å². The molecule has 0 bridgehead atoms. The highest BCUT2D eigenvalue weighted by Crippen LogP contribution is 2.27. The monoisotopic (exact) mass is 455 g/mol. The average Bonchev–Trinajstić information content (AvgIpc) is 2.79. The van der Waals surface area contributed by atoms with Gasteiger partial charge in [0.1, 0.15) is 0 Å². The van der Waals surface area contributed by atoms with Crippen LogP contribution in [-0.4, -0.2) is 56.1 Å². The molecule has 170 valence electrons. The van der Waals surface area contributed by atoms with Crippen molar-refractivity contribution >= 4 is 27.5 Å². The number of likely N-dealkylation sites (N-methyl/N-ethyl adjacent to an activating group) is 1. The lowest BCUT2D eigenvalue weighted by Crippen LogP contribution is -2.44. The first-order valence-corrected chi connectivity index (χ1v) is 12.5. The molecular weight excluding hydrogens is 426 g/mol. The van der Waals surface area contributed by atoms with Gasteiger partial charge in [-0.05, 0) is 60.9 Å². The summed E-state index contributed by atoms with van der Waals surface area (Å²) in [5.74, 6) is 0.307. The highest BCUT2D eigenvalue weighted by Gasteiger charge is 2.29. The van der Waals surface area contributed by atoms with Crippen LogP contribution in [0.5, 0.6) is 0 Å². The third-order valence-corrected chi connectivity index (χ3v) is 8.17. The number of amides is 2. The zero-order valence-electron chi connectivity index (χ0n) is 18.3. The van der Waals surface area contributed by atoms with Crippen LogP contribution in [0.25, 0.3) is 0 Å². The summed E-state index contributed by atoms with van der Waals surface area (Å²) in [4.78, 5) is 26.2. The van der Waals surface area contributed by atoms with E-state index in [-0.39, 0.29) is 23.3 Å². The summed E-state index contributed by atoms with van der Waals surface area (Å²) >= 11 is 0. The Morgan fingerprint density at radius 1 is 1.09 bits per heavy atom. The van der Waals surface area contributed by atoms with E-state index in [2.05, 4.69) is 17.4 Å². The van der Waals surface area contributed by atoms with Gasteiger partial charge < -0.3 is 10.2 Å². The van der Waals surface area contributed by atoms with Gasteiger partial charge in [0.05, 0.1) is 11.4 Å². The van der Waals surface area contributed by atoms with Gasteiger partial charge in [-0.25, -0.2) is 8.42 Å². The summed E-state index contributed by atoms with van der Waals surface area (Å²) in [7, 11) is -2.36. The van der Waals surface area contributed by atoms with Gasteiger partial charge in [-0.1, -0.05) is 30.3 Å². The Bertz CT molecular complexity index is 1090. The second-order valence-electron chi connectivity index (χ2n) is 8.64. The topological polar surface area (TPSA) is 86.8 Å². The van der Waals surface area contributed by atoms with E-state index in [1.54, 1.807) is 17.0 Å². The molecule has 2 heterocycles. The smallest absolute Gasteiger partial charge is 0.243 e. The van der Waals surface area contributed by atoms with E-state index in [4.69, 9.17) is 0 Å². The molecule has 2 aromatic rings. The number of carbonyl (C=O) groups is 2. The van der Waals surface area contributed by atoms with Crippen LogP contribution in [0.1, 0.15) is 30.4 Å². The number of anilines is 1. The zero-order valence-corrected chi connectivity index (χ0v) is 19.1. The number of aryl methyl sites for hydroxylation is 1. The molecule has 0 unspecified atom stereocenters. The van der Waals surface area contributed by atoms with Gasteiger partial charge >= 0.3 is 0 Å². The standard InChI is InChI=1S/C24H29N3O4S/c1-26(32(30,31)21-8-9-22-20(16-21)7-10-23(28)25-22)17-24(29)27-13-11-19(12-14-27)15-18-5-3-2-4-6-18/h2-6,8-9,16,19H,7,10-15,17H2,1H3,(H,25,28). The van der Waals surface area contributed by atoms with E-state index >= 15 is 0 Å². The van der Waals surface area contributed by atoms with E-state index in [9.17, 15) is 18.0 Å². The minimum atomic E-state index is -3.80. The molecular formula is C24H29N3O4S. The van der Waals surface area contributed by atoms with Crippen molar-refractivity contribution in [3.05, 3.63) is 59.7 Å². The van der Waals surface area contributed by atoms with Crippen LogP contribution in [0.3, 0.4) is 0 Å². The molecule has 0 radical (unpaired) electrons. The Morgan fingerprint density at radius 3 is 2.53 bits per heavy atom. The average molecular weight is 456 g/mol. The molecule has 8 heteroatoms. The van der Waals surface area contributed by atoms with Crippen molar-refractivity contribution in [2.24, 2.45) is 5.92 Å². The maximum absolute atomic E-state index is 13.0. The van der Waals surface area contributed by atoms with Crippen molar-refractivity contribution in [2.45, 2.75) is 37.0 Å². The second kappa shape index (κ2) is 9.42. The van der Waals surface area contributed by atoms with Crippen LogP contribution in [0.4, 0.5) is 5.69 Å². The Morgan fingerprint density at radius 2 is 1.81 bits per heavy atom. The third-order valence-electron chi connectivity index (χ3n) is 6.37. The molecule has 4 rings (SSSR count). The molecule has 0 aromatic heterocycles. The first-order chi connectivity index (χ1) is 15.3. The fourth-order valence-electron chi connectivity index (χ4n) is 4.41. The van der Waals surface area contributed by atoms with Gasteiger partial charge in [-0.15, -0.1) is 0 Å². The molecule has 7 nitrogen and oxygen atoms in total. The molecule has 2 aliphatic heterocycles. The molecule has 32 heavy (non-hydrogen) atoms. The van der Waals surface area contributed by atoms with Crippen LogP contribution in [0.15, 0.2) is 53.4 Å². The van der Waals surface area contributed by atoms with Crippen LogP contribution < -0.4 is 5.32 Å². The summed E-state index contributed by atoms with van der Waals surface area (Å²) in [6, 6.07) is 15.1. The Kier molecular flexibility index (Phi) is 6.62. The number of sulfonamides is 1. The van der Waals surface area contributed by atoms with Gasteiger partial charge in [0.25, 0.3) is 0 Å². The Hall–Kier alpha value is -2.71. The molecule has 1 fully saturated rings. The molecule has 1 N–H and O–H groups in total. The lowest BCUT2D eigenvalue weighted by Gasteiger charge is -2.33. The highest BCUT2D eigenvalue weighted by molar-refractivity contribution is 7.89. The molecule has 2 aliphatic rings. The van der Waals surface area contributed by atoms with E-state index in [0.717, 1.165) is 29.1 Å². The SMILES string of the molecule is CN(CC(=O)N1CCC(Cc2ccccc2)CC1)S(=O)(=O)c1ccc2c(c1)CCC(=O)N2. The van der Waals surface area contributed by atoms with Gasteiger partial charge in [-0.2, -0.15) is 4.31 Å². The number of hydrogen-bond donors (Lipinski definition) is 1. The minimum Gasteiger partial charge on any atom is -0.342 e. The number of fused-ring (bicyclic) bond motifs is 1. The fraction of sp³-hybridized carbons (Fsp3) is 0.417. The number of nitrogens with zero attached hydrogens (tertiary/aromatic N) is 2. The number of benzene rings is 2. The molecule has 0 atom stereocenters. The number of likely N-dealkylation sites (tertiary alicyclic amines) is 1. The van der Waals surface area contributed by atoms with Crippen molar-refractivity contribution in [3.63, 3.8) is 0 Å². The van der Waals surface area contributed by atoms with Crippen molar-refractivity contribution in [3.8, 4) is 0 Å². The highest BCUT2D eigenvalue weighted by atomic mass is 32.2. The van der Waals surface area contributed by atoms with E-state index < -0.39 is 10.0 Å². The molecule has 0 aliphatic carbocycles. The molecule has 0 spiro atoms. The predicted molar refractivity (Wildman–Crippen MR) is 123 cm³/mol. The maximum Gasteiger partial charge on any atom is 0.243 e. The maximum atomic E-state index is 13.0. The number of carbonyl (C=O) groups excluding carboxylic acids is 2. The summed E-state index contributed by atoms with van der Waals surface area (Å²) < 4.78 is 27.2. The van der Waals surface area contributed by atoms with E-state index in [1.807, 2.05) is 18.2 Å². The van der Waals surface area contributed by atoms with Crippen molar-refractivity contribution in [1.82, 2.24) is 9.21 Å². The van der Waals surface area contributed by atoms with E-state index in [0.29, 0.717) is 37.5 Å². The Labute approximate surface area is 189 Å². The lowest BCUT2D eigenvalue weighted by atomic mass is 9.90. The summed E-state index contributed by atoms with van der Waals surface area (Å²) in [5.41, 5.74) is 2.76. The lowest BCUT2D eigenvalue weighted by molar-refractivity contribution is -0.132. The molecule has 2 aromatic carbocycles. The van der Waals surface area contributed by atoms with Gasteiger partial charge in [-0.3, -0.25) is 9.59 Å². The number of hydrogen-bond acceptors (Lipinski definition) is 4. The second-order valence-corrected chi connectivity index (χ2v) is 10.7. The predicted octanol–water partition coefficient (Wildman–Crippen LogP) is 2.67. The minimum absolute atomic E-state index is 0.0663. The van der Waals surface area contributed by atoms with Crippen LogP contribution >= 0.6 is 0 Å². The first-order valence-electron chi connectivity index (χ1n) is 11.0. The Balaban J connectivity index is 1.34. The van der Waals surface area contributed by atoms with Crippen LogP contribution in [-0.2, 0) is 32.5 Å². The first kappa shape index (κ1) is 22.5. The fourth-order valence-corrected chi connectivity index (χ4v) is 5.58. The van der Waals surface area contributed by atoms with E-state index in [1.165, 1.54) is 18.7 Å². The van der Waals surface area contributed by atoms with Crippen LogP contribution in [0.2, 0.25) is 0 Å². The number of rotatable bonds is 6. The molecule has 1 saturated heterocycles. The quantitative estimate of drug-likeness (QED) is 0.726. The van der Waals surface area contributed by atoms with Gasteiger partial charge in [0, 0.05) is 32.2 Å². The largest absolute Gasteiger partial charge is 0.342 e. The summed E-state index contributed by atoms with van der Waals surface area (Å²) in [6.45, 7) is 1.13. The van der Waals surface area contributed by atoms with Crippen molar-refractivity contribution in [1.29, 1.82) is 0 Å². The normalized spacial score (nSPS) is 17.2. The van der Waals surface area contributed by atoms with Crippen LogP contribution in [0, 0.1) is 5.92 Å². The number of piperidine rings is 1. The zero-order chi connectivity index (χ0) is 22.7. The van der Waals surface area contributed by atoms with Crippen molar-refractivity contribution < 1.29 is 18.0 Å². The van der Waals surface area contributed by atoms with Gasteiger partial charge in [0.2, 0.25) is 21.8 Å². The third kappa shape index (κ3) is 5.02. The molecule has 2 amide bonds. The molecule has 0 saturated carbocycles. The number of nitrogens with one attached hydrogen (secondary N) is 1. The summed E-state index contributed by atoms with van der Waals surface area (Å²) in [6.07, 6.45) is 3.70.